The number of H-pyrrole nitrogens is 1. The molecule has 2 aliphatic heterocycles. The van der Waals surface area contributed by atoms with Crippen LogP contribution in [0.4, 0.5) is 29.5 Å². The molecule has 5 heterocycles. The molecule has 0 unspecified atom stereocenters. The number of piperidine rings is 1. The van der Waals surface area contributed by atoms with E-state index in [9.17, 15) is 4.79 Å². The highest BCUT2D eigenvalue weighted by Crippen LogP contribution is 2.49. The number of nitrogens with zero attached hydrogens (tertiary/aromatic N) is 9. The summed E-state index contributed by atoms with van der Waals surface area (Å²) in [6.45, 7) is 3.53. The van der Waals surface area contributed by atoms with Gasteiger partial charge in [-0.05, 0) is 38.6 Å². The molecule has 2 aliphatic carbocycles. The number of carbonyl (C=O) groups excluding carboxylic acids is 1. The molecular weight excluding hydrogens is 472 g/mol. The van der Waals surface area contributed by atoms with Gasteiger partial charge in [-0.15, -0.1) is 0 Å². The number of carbonyl (C=O) groups is 1. The summed E-state index contributed by atoms with van der Waals surface area (Å²) in [6.07, 6.45) is 8.89. The van der Waals surface area contributed by atoms with Gasteiger partial charge in [-0.1, -0.05) is 0 Å². The van der Waals surface area contributed by atoms with Crippen LogP contribution in [0.25, 0.3) is 0 Å². The molecule has 13 heteroatoms. The molecule has 7 rings (SSSR count). The zero-order valence-electron chi connectivity index (χ0n) is 20.7. The third-order valence-corrected chi connectivity index (χ3v) is 7.71. The summed E-state index contributed by atoms with van der Waals surface area (Å²) in [5, 5.41) is 13.7. The summed E-state index contributed by atoms with van der Waals surface area (Å²) < 4.78 is 0. The van der Waals surface area contributed by atoms with Crippen LogP contribution in [-0.2, 0) is 4.79 Å². The van der Waals surface area contributed by atoms with Gasteiger partial charge in [0.05, 0.1) is 6.20 Å². The zero-order valence-corrected chi connectivity index (χ0v) is 20.7. The van der Waals surface area contributed by atoms with Crippen molar-refractivity contribution < 1.29 is 4.79 Å². The van der Waals surface area contributed by atoms with Crippen molar-refractivity contribution in [1.29, 1.82) is 0 Å². The normalized spacial score (nSPS) is 25.2. The molecule has 0 radical (unpaired) electrons. The molecule has 1 amide bonds. The fourth-order valence-corrected chi connectivity index (χ4v) is 5.34. The lowest BCUT2D eigenvalue weighted by molar-refractivity contribution is -0.117. The van der Waals surface area contributed by atoms with Gasteiger partial charge in [0, 0.05) is 62.3 Å². The Bertz CT molecular complexity index is 1290. The Hall–Kier alpha value is -3.87. The largest absolute Gasteiger partial charge is 0.338 e. The van der Waals surface area contributed by atoms with Crippen LogP contribution in [0, 0.1) is 5.92 Å². The highest BCUT2D eigenvalue weighted by atomic mass is 16.2. The molecule has 4 fully saturated rings. The maximum absolute atomic E-state index is 13.3. The van der Waals surface area contributed by atoms with E-state index >= 15 is 0 Å². The molecule has 2 saturated heterocycles. The van der Waals surface area contributed by atoms with Gasteiger partial charge in [-0.2, -0.15) is 20.1 Å². The summed E-state index contributed by atoms with van der Waals surface area (Å²) in [4.78, 5) is 42.6. The van der Waals surface area contributed by atoms with E-state index in [-0.39, 0.29) is 18.0 Å². The summed E-state index contributed by atoms with van der Waals surface area (Å²) in [5.41, 5.74) is 1.14. The smallest absolute Gasteiger partial charge is 0.248 e. The summed E-state index contributed by atoms with van der Waals surface area (Å²) in [7, 11) is 2.12. The molecule has 3 atom stereocenters. The third-order valence-electron chi connectivity index (χ3n) is 7.71. The average Bonchev–Trinajstić information content (AvgIpc) is 3.83. The first kappa shape index (κ1) is 22.3. The van der Waals surface area contributed by atoms with Crippen LogP contribution in [0.2, 0.25) is 0 Å². The van der Waals surface area contributed by atoms with Crippen molar-refractivity contribution in [2.45, 2.75) is 43.7 Å². The van der Waals surface area contributed by atoms with E-state index in [0.29, 0.717) is 41.3 Å². The first-order valence-electron chi connectivity index (χ1n) is 13.0. The highest BCUT2D eigenvalue weighted by molar-refractivity contribution is 5.96. The number of anilines is 5. The molecule has 192 valence electrons. The van der Waals surface area contributed by atoms with Crippen molar-refractivity contribution in [2.75, 3.05) is 53.7 Å². The van der Waals surface area contributed by atoms with Gasteiger partial charge in [0.15, 0.2) is 11.6 Å². The lowest BCUT2D eigenvalue weighted by Crippen LogP contribution is -2.46. The van der Waals surface area contributed by atoms with Gasteiger partial charge in [-0.25, -0.2) is 4.98 Å². The summed E-state index contributed by atoms with van der Waals surface area (Å²) >= 11 is 0. The zero-order chi connectivity index (χ0) is 24.9. The number of piperazine rings is 1. The predicted octanol–water partition coefficient (Wildman–Crippen LogP) is 1.36. The van der Waals surface area contributed by atoms with Crippen molar-refractivity contribution in [1.82, 2.24) is 40.0 Å². The maximum atomic E-state index is 13.3. The molecule has 2 saturated carbocycles. The molecule has 3 aromatic rings. The van der Waals surface area contributed by atoms with E-state index in [0.717, 1.165) is 44.7 Å². The SMILES string of the molecule is CN1CCN(c2nc(Nc3cc(C4CC4)[nH]n3)nc(N3[C@H](C(=O)Nc4cnccn4)C[C@@H]4C[C@@H]43)n2)CC1. The van der Waals surface area contributed by atoms with E-state index in [1.54, 1.807) is 18.6 Å². The fourth-order valence-electron chi connectivity index (χ4n) is 5.34. The monoisotopic (exact) mass is 502 g/mol. The van der Waals surface area contributed by atoms with E-state index in [4.69, 9.17) is 15.0 Å². The van der Waals surface area contributed by atoms with Gasteiger partial charge >= 0.3 is 0 Å². The first-order chi connectivity index (χ1) is 18.1. The lowest BCUT2D eigenvalue weighted by Gasteiger charge is -2.33. The van der Waals surface area contributed by atoms with Crippen molar-refractivity contribution in [3.8, 4) is 0 Å². The number of hydrogen-bond acceptors (Lipinski definition) is 11. The average molecular weight is 503 g/mol. The molecule has 0 spiro atoms. The Morgan fingerprint density at radius 2 is 1.86 bits per heavy atom. The Kier molecular flexibility index (Phi) is 5.38. The van der Waals surface area contributed by atoms with Gasteiger partial charge in [-0.3, -0.25) is 14.9 Å². The number of aromatic nitrogens is 7. The standard InChI is InChI=1S/C24H30N12O/c1-34-6-8-35(9-7-34)23-29-22(28-19-12-16(32-33-19)14-2-3-14)30-24(31-23)36-17-10-15(17)11-18(36)21(37)27-20-13-25-4-5-26-20/h4-5,12-15,17-18H,2-3,6-11H2,1H3,(H,26,27,37)(H2,28,29,30,31,32,33)/t15-,17-,18-/m0/s1. The lowest BCUT2D eigenvalue weighted by atomic mass is 10.1. The molecule has 3 N–H and O–H groups in total. The number of fused-ring (bicyclic) bond motifs is 1. The Morgan fingerprint density at radius 3 is 2.65 bits per heavy atom. The topological polar surface area (TPSA) is 144 Å². The molecule has 37 heavy (non-hydrogen) atoms. The summed E-state index contributed by atoms with van der Waals surface area (Å²) in [5.74, 6) is 3.62. The van der Waals surface area contributed by atoms with Crippen LogP contribution < -0.4 is 20.4 Å². The minimum atomic E-state index is -0.381. The van der Waals surface area contributed by atoms with E-state index in [1.807, 2.05) is 6.07 Å². The molecule has 0 bridgehead atoms. The Morgan fingerprint density at radius 1 is 1.03 bits per heavy atom. The first-order valence-corrected chi connectivity index (χ1v) is 13.0. The van der Waals surface area contributed by atoms with Crippen molar-refractivity contribution in [3.05, 3.63) is 30.4 Å². The van der Waals surface area contributed by atoms with Crippen LogP contribution in [0.3, 0.4) is 0 Å². The minimum Gasteiger partial charge on any atom is -0.338 e. The number of hydrogen-bond donors (Lipinski definition) is 3. The molecule has 0 aromatic carbocycles. The van der Waals surface area contributed by atoms with Gasteiger partial charge in [0.2, 0.25) is 23.8 Å². The van der Waals surface area contributed by atoms with E-state index < -0.39 is 0 Å². The maximum Gasteiger partial charge on any atom is 0.248 e. The van der Waals surface area contributed by atoms with Crippen LogP contribution in [0.1, 0.15) is 37.3 Å². The summed E-state index contributed by atoms with van der Waals surface area (Å²) in [6, 6.07) is 1.90. The molecule has 3 aromatic heterocycles. The quantitative estimate of drug-likeness (QED) is 0.431. The van der Waals surface area contributed by atoms with Gasteiger partial charge < -0.3 is 25.3 Å². The van der Waals surface area contributed by atoms with E-state index in [2.05, 4.69) is 52.5 Å². The van der Waals surface area contributed by atoms with Crippen molar-refractivity contribution in [2.24, 2.45) is 5.92 Å². The number of likely N-dealkylation sites (N-methyl/N-ethyl adjacent to an activating group) is 1. The van der Waals surface area contributed by atoms with Crippen molar-refractivity contribution >= 4 is 35.4 Å². The second kappa shape index (κ2) is 8.91. The fraction of sp³-hybridized carbons (Fsp3) is 0.542. The second-order valence-electron chi connectivity index (χ2n) is 10.5. The number of rotatable bonds is 7. The third kappa shape index (κ3) is 4.54. The number of nitrogens with one attached hydrogen (secondary N) is 3. The minimum absolute atomic E-state index is 0.120. The number of aromatic amines is 1. The second-order valence-corrected chi connectivity index (χ2v) is 10.5. The molecule has 13 nitrogen and oxygen atoms in total. The van der Waals surface area contributed by atoms with Gasteiger partial charge in [0.1, 0.15) is 6.04 Å². The Balaban J connectivity index is 1.19. The van der Waals surface area contributed by atoms with Gasteiger partial charge in [0.25, 0.3) is 0 Å². The molecule has 4 aliphatic rings. The van der Waals surface area contributed by atoms with Crippen LogP contribution in [-0.4, -0.2) is 91.2 Å². The van der Waals surface area contributed by atoms with Crippen LogP contribution >= 0.6 is 0 Å². The highest BCUT2D eigenvalue weighted by Gasteiger charge is 2.55. The van der Waals surface area contributed by atoms with Crippen LogP contribution in [0.15, 0.2) is 24.7 Å². The predicted molar refractivity (Wildman–Crippen MR) is 137 cm³/mol. The van der Waals surface area contributed by atoms with Crippen LogP contribution in [0.5, 0.6) is 0 Å². The number of amides is 1. The molecular formula is C24H30N12O. The van der Waals surface area contributed by atoms with Crippen molar-refractivity contribution in [3.63, 3.8) is 0 Å². The Labute approximate surface area is 214 Å². The van der Waals surface area contributed by atoms with E-state index in [1.165, 1.54) is 12.8 Å².